The normalized spacial score (nSPS) is 18.6. The number of rotatable bonds is 3. The van der Waals surface area contributed by atoms with Gasteiger partial charge in [0.2, 0.25) is 0 Å². The number of hydrogen-bond donors (Lipinski definition) is 1. The molecule has 1 aliphatic heterocycles. The third kappa shape index (κ3) is 2.77. The molecule has 2 N–H and O–H groups in total. The largest absolute Gasteiger partial charge is 0.350 e. The van der Waals surface area contributed by atoms with Gasteiger partial charge in [-0.3, -0.25) is 0 Å². The van der Waals surface area contributed by atoms with Gasteiger partial charge in [-0.15, -0.1) is 0 Å². The van der Waals surface area contributed by atoms with Crippen molar-refractivity contribution in [2.45, 2.75) is 25.7 Å². The third-order valence-corrected chi connectivity index (χ3v) is 3.30. The van der Waals surface area contributed by atoms with E-state index in [9.17, 15) is 4.39 Å². The van der Waals surface area contributed by atoms with Crippen LogP contribution in [0.1, 0.15) is 23.6 Å². The van der Waals surface area contributed by atoms with Crippen molar-refractivity contribution in [3.05, 3.63) is 34.1 Å². The van der Waals surface area contributed by atoms with Crippen LogP contribution in [0, 0.1) is 12.7 Å². The van der Waals surface area contributed by atoms with Gasteiger partial charge in [-0.05, 0) is 13.0 Å². The zero-order valence-corrected chi connectivity index (χ0v) is 10.3. The maximum atomic E-state index is 13.9. The number of nitrogens with two attached hydrogens (primary N) is 1. The summed E-state index contributed by atoms with van der Waals surface area (Å²) >= 11 is 5.83. The van der Waals surface area contributed by atoms with E-state index in [1.807, 2.05) is 0 Å². The number of halogens is 2. The fourth-order valence-electron chi connectivity index (χ4n) is 1.85. The molecule has 1 aromatic carbocycles. The number of ether oxygens (including phenoxy) is 2. The first-order chi connectivity index (χ1) is 8.09. The summed E-state index contributed by atoms with van der Waals surface area (Å²) in [4.78, 5) is 0. The lowest BCUT2D eigenvalue weighted by Crippen LogP contribution is -2.20. The lowest BCUT2D eigenvalue weighted by atomic mass is 10.0. The van der Waals surface area contributed by atoms with E-state index in [1.54, 1.807) is 19.1 Å². The molecule has 1 saturated heterocycles. The van der Waals surface area contributed by atoms with Gasteiger partial charge in [-0.1, -0.05) is 17.7 Å². The molecular formula is C12H15ClFNO2. The standard InChI is InChI=1S/C12H15ClFNO2/c1-7-9(13)3-2-8(12(7)14)10(15)6-11-16-4-5-17-11/h2-3,10-11H,4-6,15H2,1H3. The lowest BCUT2D eigenvalue weighted by molar-refractivity contribution is -0.0509. The van der Waals surface area contributed by atoms with Crippen LogP contribution in [0.25, 0.3) is 0 Å². The summed E-state index contributed by atoms with van der Waals surface area (Å²) in [6, 6.07) is 2.82. The van der Waals surface area contributed by atoms with Gasteiger partial charge in [0.1, 0.15) is 5.82 Å². The highest BCUT2D eigenvalue weighted by atomic mass is 35.5. The zero-order chi connectivity index (χ0) is 12.4. The molecule has 3 nitrogen and oxygen atoms in total. The SMILES string of the molecule is Cc1c(Cl)ccc(C(N)CC2OCCO2)c1F. The van der Waals surface area contributed by atoms with Gasteiger partial charge in [0.25, 0.3) is 0 Å². The summed E-state index contributed by atoms with van der Waals surface area (Å²) in [5, 5.41) is 0.409. The summed E-state index contributed by atoms with van der Waals surface area (Å²) < 4.78 is 24.5. The number of hydrogen-bond acceptors (Lipinski definition) is 3. The van der Waals surface area contributed by atoms with Crippen molar-refractivity contribution in [2.75, 3.05) is 13.2 Å². The van der Waals surface area contributed by atoms with Crippen LogP contribution in [0.3, 0.4) is 0 Å². The first kappa shape index (κ1) is 12.8. The van der Waals surface area contributed by atoms with E-state index in [-0.39, 0.29) is 12.1 Å². The molecule has 0 spiro atoms. The molecule has 1 fully saturated rings. The van der Waals surface area contributed by atoms with Crippen molar-refractivity contribution in [2.24, 2.45) is 5.73 Å². The Kier molecular flexibility index (Phi) is 3.99. The van der Waals surface area contributed by atoms with E-state index >= 15 is 0 Å². The minimum Gasteiger partial charge on any atom is -0.350 e. The van der Waals surface area contributed by atoms with Gasteiger partial charge >= 0.3 is 0 Å². The highest BCUT2D eigenvalue weighted by molar-refractivity contribution is 6.31. The van der Waals surface area contributed by atoms with Gasteiger partial charge in [-0.25, -0.2) is 4.39 Å². The molecule has 0 aromatic heterocycles. The van der Waals surface area contributed by atoms with Crippen LogP contribution in [0.5, 0.6) is 0 Å². The van der Waals surface area contributed by atoms with E-state index in [0.29, 0.717) is 35.8 Å². The molecule has 0 amide bonds. The van der Waals surface area contributed by atoms with Crippen LogP contribution in [0.4, 0.5) is 4.39 Å². The second kappa shape index (κ2) is 5.31. The summed E-state index contributed by atoms with van der Waals surface area (Å²) in [5.41, 5.74) is 6.83. The predicted octanol–water partition coefficient (Wildman–Crippen LogP) is 2.55. The molecule has 0 radical (unpaired) electrons. The van der Waals surface area contributed by atoms with E-state index in [1.165, 1.54) is 0 Å². The molecule has 1 aliphatic rings. The molecular weight excluding hydrogens is 245 g/mol. The van der Waals surface area contributed by atoms with E-state index in [2.05, 4.69) is 0 Å². The van der Waals surface area contributed by atoms with Gasteiger partial charge in [0.15, 0.2) is 6.29 Å². The van der Waals surface area contributed by atoms with Crippen LogP contribution < -0.4 is 5.73 Å². The van der Waals surface area contributed by atoms with Gasteiger partial charge in [0, 0.05) is 28.6 Å². The zero-order valence-electron chi connectivity index (χ0n) is 9.58. The molecule has 94 valence electrons. The van der Waals surface area contributed by atoms with Crippen molar-refractivity contribution >= 4 is 11.6 Å². The first-order valence-electron chi connectivity index (χ1n) is 5.53. The third-order valence-electron chi connectivity index (χ3n) is 2.89. The van der Waals surface area contributed by atoms with Crippen molar-refractivity contribution in [1.29, 1.82) is 0 Å². The van der Waals surface area contributed by atoms with Crippen molar-refractivity contribution in [1.82, 2.24) is 0 Å². The van der Waals surface area contributed by atoms with E-state index < -0.39 is 6.04 Å². The van der Waals surface area contributed by atoms with Crippen LogP contribution >= 0.6 is 11.6 Å². The predicted molar refractivity (Wildman–Crippen MR) is 63.4 cm³/mol. The highest BCUT2D eigenvalue weighted by Crippen LogP contribution is 2.27. The van der Waals surface area contributed by atoms with Crippen LogP contribution in [-0.4, -0.2) is 19.5 Å². The summed E-state index contributed by atoms with van der Waals surface area (Å²) in [7, 11) is 0. The lowest BCUT2D eigenvalue weighted by Gasteiger charge is -2.17. The Bertz CT molecular complexity index is 408. The Labute approximate surface area is 105 Å². The monoisotopic (exact) mass is 259 g/mol. The van der Waals surface area contributed by atoms with E-state index in [0.717, 1.165) is 0 Å². The van der Waals surface area contributed by atoms with Crippen LogP contribution in [-0.2, 0) is 9.47 Å². The Morgan fingerprint density at radius 3 is 2.76 bits per heavy atom. The maximum Gasteiger partial charge on any atom is 0.159 e. The molecule has 1 atom stereocenters. The van der Waals surface area contributed by atoms with Gasteiger partial charge < -0.3 is 15.2 Å². The van der Waals surface area contributed by atoms with Crippen molar-refractivity contribution in [3.63, 3.8) is 0 Å². The fraction of sp³-hybridized carbons (Fsp3) is 0.500. The summed E-state index contributed by atoms with van der Waals surface area (Å²) in [6.45, 7) is 2.77. The molecule has 0 aliphatic carbocycles. The van der Waals surface area contributed by atoms with Crippen LogP contribution in [0.15, 0.2) is 12.1 Å². The molecule has 1 aromatic rings. The minimum absolute atomic E-state index is 0.333. The average Bonchev–Trinajstić information content (AvgIpc) is 2.78. The Balaban J connectivity index is 2.13. The molecule has 1 unspecified atom stereocenters. The Morgan fingerprint density at radius 2 is 2.12 bits per heavy atom. The smallest absolute Gasteiger partial charge is 0.159 e. The molecule has 2 rings (SSSR count). The molecule has 0 bridgehead atoms. The summed E-state index contributed by atoms with van der Waals surface area (Å²) in [6.07, 6.45) is 0.109. The molecule has 5 heteroatoms. The Hall–Kier alpha value is -0.680. The van der Waals surface area contributed by atoms with Gasteiger partial charge in [-0.2, -0.15) is 0 Å². The second-order valence-electron chi connectivity index (χ2n) is 4.09. The average molecular weight is 260 g/mol. The highest BCUT2D eigenvalue weighted by Gasteiger charge is 2.22. The maximum absolute atomic E-state index is 13.9. The van der Waals surface area contributed by atoms with Crippen LogP contribution in [0.2, 0.25) is 5.02 Å². The second-order valence-corrected chi connectivity index (χ2v) is 4.50. The fourth-order valence-corrected chi connectivity index (χ4v) is 1.99. The minimum atomic E-state index is -0.450. The quantitative estimate of drug-likeness (QED) is 0.907. The van der Waals surface area contributed by atoms with Crippen molar-refractivity contribution in [3.8, 4) is 0 Å². The Morgan fingerprint density at radius 1 is 1.47 bits per heavy atom. The number of benzene rings is 1. The topological polar surface area (TPSA) is 44.5 Å². The van der Waals surface area contributed by atoms with Crippen molar-refractivity contribution < 1.29 is 13.9 Å². The van der Waals surface area contributed by atoms with E-state index in [4.69, 9.17) is 26.8 Å². The molecule has 0 saturated carbocycles. The molecule has 17 heavy (non-hydrogen) atoms. The first-order valence-corrected chi connectivity index (χ1v) is 5.90. The summed E-state index contributed by atoms with van der Waals surface area (Å²) in [5.74, 6) is -0.344. The van der Waals surface area contributed by atoms with Gasteiger partial charge in [0.05, 0.1) is 13.2 Å². The molecule has 1 heterocycles.